The third kappa shape index (κ3) is 5.17. The molecule has 2 N–H and O–H groups in total. The molecule has 1 amide bonds. The molecule has 0 saturated heterocycles. The zero-order valence-electron chi connectivity index (χ0n) is 14.7. The largest absolute Gasteiger partial charge is 0.508 e. The van der Waals surface area contributed by atoms with Gasteiger partial charge in [-0.15, -0.1) is 0 Å². The maximum atomic E-state index is 12.5. The second kappa shape index (κ2) is 8.81. The van der Waals surface area contributed by atoms with Crippen LogP contribution in [0, 0.1) is 0 Å². The van der Waals surface area contributed by atoms with E-state index in [1.54, 1.807) is 24.3 Å². The number of halogens is 1. The summed E-state index contributed by atoms with van der Waals surface area (Å²) in [6.45, 7) is 0.857. The standard InChI is InChI=1S/C20H20BrN3O3/c21-15-5-8-18-17(12-15)20(27)24(13-23-18)11-9-19(26)22-10-1-2-14-3-6-16(25)7-4-14/h3-8,12-13,25H,1-2,9-11H2,(H,22,26). The number of benzene rings is 2. The Bertz CT molecular complexity index is 1000. The minimum atomic E-state index is -0.151. The van der Waals surface area contributed by atoms with Gasteiger partial charge in [0.05, 0.1) is 17.2 Å². The fourth-order valence-corrected chi connectivity index (χ4v) is 3.14. The molecule has 3 aromatic rings. The predicted molar refractivity (Wildman–Crippen MR) is 108 cm³/mol. The number of hydrogen-bond acceptors (Lipinski definition) is 4. The summed E-state index contributed by atoms with van der Waals surface area (Å²) in [7, 11) is 0. The first kappa shape index (κ1) is 19.1. The number of nitrogens with one attached hydrogen (secondary N) is 1. The Hall–Kier alpha value is -2.67. The second-order valence-electron chi connectivity index (χ2n) is 6.27. The van der Waals surface area contributed by atoms with E-state index in [9.17, 15) is 14.7 Å². The summed E-state index contributed by atoms with van der Waals surface area (Å²) in [6, 6.07) is 12.4. The minimum absolute atomic E-state index is 0.0954. The Morgan fingerprint density at radius 2 is 1.96 bits per heavy atom. The van der Waals surface area contributed by atoms with Gasteiger partial charge in [-0.2, -0.15) is 0 Å². The lowest BCUT2D eigenvalue weighted by molar-refractivity contribution is -0.121. The first-order chi connectivity index (χ1) is 13.0. The number of phenols is 1. The summed E-state index contributed by atoms with van der Waals surface area (Å²) in [5.74, 6) is 0.153. The molecular formula is C20H20BrN3O3. The van der Waals surface area contributed by atoms with Crippen molar-refractivity contribution in [3.05, 3.63) is 69.2 Å². The van der Waals surface area contributed by atoms with Crippen LogP contribution in [-0.4, -0.2) is 27.1 Å². The van der Waals surface area contributed by atoms with Crippen molar-refractivity contribution >= 4 is 32.7 Å². The van der Waals surface area contributed by atoms with Crippen LogP contribution in [0.5, 0.6) is 5.75 Å². The Kier molecular flexibility index (Phi) is 6.24. The fourth-order valence-electron chi connectivity index (χ4n) is 2.78. The summed E-state index contributed by atoms with van der Waals surface area (Å²) in [5, 5.41) is 12.7. The molecule has 2 aromatic carbocycles. The Morgan fingerprint density at radius 1 is 1.19 bits per heavy atom. The zero-order valence-corrected chi connectivity index (χ0v) is 16.3. The highest BCUT2D eigenvalue weighted by Gasteiger charge is 2.07. The van der Waals surface area contributed by atoms with Crippen LogP contribution in [0.3, 0.4) is 0 Å². The van der Waals surface area contributed by atoms with Gasteiger partial charge in [0, 0.05) is 24.0 Å². The lowest BCUT2D eigenvalue weighted by Gasteiger charge is -2.08. The van der Waals surface area contributed by atoms with Crippen molar-refractivity contribution in [2.75, 3.05) is 6.54 Å². The normalized spacial score (nSPS) is 10.9. The molecule has 0 saturated carbocycles. The number of aromatic nitrogens is 2. The number of phenolic OH excluding ortho intramolecular Hbond substituents is 1. The SMILES string of the molecule is O=C(CCn1cnc2ccc(Br)cc2c1=O)NCCCc1ccc(O)cc1. The summed E-state index contributed by atoms with van der Waals surface area (Å²) in [6.07, 6.45) is 3.34. The number of rotatable bonds is 7. The molecule has 0 aliphatic heterocycles. The third-order valence-corrected chi connectivity index (χ3v) is 4.76. The van der Waals surface area contributed by atoms with Crippen molar-refractivity contribution in [1.29, 1.82) is 0 Å². The van der Waals surface area contributed by atoms with Crippen LogP contribution >= 0.6 is 15.9 Å². The summed E-state index contributed by atoms with van der Waals surface area (Å²) in [4.78, 5) is 28.8. The molecule has 1 heterocycles. The Balaban J connectivity index is 1.47. The van der Waals surface area contributed by atoms with Crippen molar-refractivity contribution in [2.24, 2.45) is 0 Å². The summed E-state index contributed by atoms with van der Waals surface area (Å²) in [5.41, 5.74) is 1.60. The van der Waals surface area contributed by atoms with E-state index in [1.165, 1.54) is 10.9 Å². The monoisotopic (exact) mass is 429 g/mol. The number of aryl methyl sites for hydroxylation is 2. The first-order valence-corrected chi connectivity index (χ1v) is 9.51. The van der Waals surface area contributed by atoms with Gasteiger partial charge in [0.15, 0.2) is 0 Å². The highest BCUT2D eigenvalue weighted by Crippen LogP contribution is 2.15. The van der Waals surface area contributed by atoms with Gasteiger partial charge in [-0.25, -0.2) is 4.98 Å². The van der Waals surface area contributed by atoms with Gasteiger partial charge < -0.3 is 10.4 Å². The molecule has 0 atom stereocenters. The number of hydrogen-bond donors (Lipinski definition) is 2. The molecule has 0 spiro atoms. The van der Waals surface area contributed by atoms with Crippen molar-refractivity contribution in [1.82, 2.24) is 14.9 Å². The molecule has 0 aliphatic rings. The summed E-state index contributed by atoms with van der Waals surface area (Å²) < 4.78 is 2.28. The van der Waals surface area contributed by atoms with E-state index in [0.29, 0.717) is 17.4 Å². The highest BCUT2D eigenvalue weighted by molar-refractivity contribution is 9.10. The Labute approximate surface area is 165 Å². The smallest absolute Gasteiger partial charge is 0.261 e. The second-order valence-corrected chi connectivity index (χ2v) is 7.19. The van der Waals surface area contributed by atoms with Crippen LogP contribution in [0.25, 0.3) is 10.9 Å². The quantitative estimate of drug-likeness (QED) is 0.565. The van der Waals surface area contributed by atoms with Crippen LogP contribution in [0.15, 0.2) is 58.1 Å². The molecule has 3 rings (SSSR count). The fraction of sp³-hybridized carbons (Fsp3) is 0.250. The van der Waals surface area contributed by atoms with Gasteiger partial charge in [-0.3, -0.25) is 14.2 Å². The summed E-state index contributed by atoms with van der Waals surface area (Å²) >= 11 is 3.36. The van der Waals surface area contributed by atoms with E-state index in [0.717, 1.165) is 22.9 Å². The lowest BCUT2D eigenvalue weighted by atomic mass is 10.1. The average Bonchev–Trinajstić information content (AvgIpc) is 2.66. The van der Waals surface area contributed by atoms with Crippen molar-refractivity contribution in [3.63, 3.8) is 0 Å². The molecule has 0 fully saturated rings. The van der Waals surface area contributed by atoms with E-state index >= 15 is 0 Å². The molecule has 140 valence electrons. The third-order valence-electron chi connectivity index (χ3n) is 4.27. The van der Waals surface area contributed by atoms with Crippen LogP contribution in [-0.2, 0) is 17.8 Å². The molecule has 0 radical (unpaired) electrons. The molecule has 27 heavy (non-hydrogen) atoms. The molecule has 0 unspecified atom stereocenters. The molecular weight excluding hydrogens is 410 g/mol. The van der Waals surface area contributed by atoms with E-state index < -0.39 is 0 Å². The van der Waals surface area contributed by atoms with E-state index in [1.807, 2.05) is 18.2 Å². The van der Waals surface area contributed by atoms with Crippen molar-refractivity contribution in [3.8, 4) is 5.75 Å². The van der Waals surface area contributed by atoms with Crippen LogP contribution in [0.2, 0.25) is 0 Å². The number of aromatic hydroxyl groups is 1. The molecule has 0 aliphatic carbocycles. The topological polar surface area (TPSA) is 84.2 Å². The number of amides is 1. The predicted octanol–water partition coefficient (Wildman–Crippen LogP) is 3.00. The number of nitrogens with zero attached hydrogens (tertiary/aromatic N) is 2. The van der Waals surface area contributed by atoms with Gasteiger partial charge in [0.25, 0.3) is 5.56 Å². The highest BCUT2D eigenvalue weighted by atomic mass is 79.9. The van der Waals surface area contributed by atoms with Gasteiger partial charge in [0.1, 0.15) is 5.75 Å². The van der Waals surface area contributed by atoms with Gasteiger partial charge in [-0.1, -0.05) is 28.1 Å². The number of carbonyl (C=O) groups excluding carboxylic acids is 1. The van der Waals surface area contributed by atoms with Gasteiger partial charge >= 0.3 is 0 Å². The van der Waals surface area contributed by atoms with Crippen LogP contribution in [0.4, 0.5) is 0 Å². The van der Waals surface area contributed by atoms with E-state index in [2.05, 4.69) is 26.2 Å². The van der Waals surface area contributed by atoms with Crippen molar-refractivity contribution in [2.45, 2.75) is 25.8 Å². The molecule has 0 bridgehead atoms. The maximum Gasteiger partial charge on any atom is 0.261 e. The first-order valence-electron chi connectivity index (χ1n) is 8.72. The molecule has 7 heteroatoms. The lowest BCUT2D eigenvalue weighted by Crippen LogP contribution is -2.28. The molecule has 6 nitrogen and oxygen atoms in total. The van der Waals surface area contributed by atoms with Crippen molar-refractivity contribution < 1.29 is 9.90 Å². The minimum Gasteiger partial charge on any atom is -0.508 e. The van der Waals surface area contributed by atoms with E-state index in [4.69, 9.17) is 0 Å². The number of fused-ring (bicyclic) bond motifs is 1. The molecule has 1 aromatic heterocycles. The average molecular weight is 430 g/mol. The van der Waals surface area contributed by atoms with Gasteiger partial charge in [0.2, 0.25) is 5.91 Å². The maximum absolute atomic E-state index is 12.5. The van der Waals surface area contributed by atoms with E-state index in [-0.39, 0.29) is 30.2 Å². The van der Waals surface area contributed by atoms with Crippen LogP contribution in [0.1, 0.15) is 18.4 Å². The number of carbonyl (C=O) groups is 1. The van der Waals surface area contributed by atoms with Crippen LogP contribution < -0.4 is 10.9 Å². The van der Waals surface area contributed by atoms with Gasteiger partial charge in [-0.05, 0) is 48.7 Å². The Morgan fingerprint density at radius 3 is 2.74 bits per heavy atom. The zero-order chi connectivity index (χ0) is 19.2.